The van der Waals surface area contributed by atoms with E-state index in [4.69, 9.17) is 0 Å². The van der Waals surface area contributed by atoms with Crippen molar-refractivity contribution in [3.05, 3.63) is 156 Å². The molecule has 6 aromatic carbocycles. The number of hydrogen-bond donors (Lipinski definition) is 0. The molecule has 0 spiro atoms. The fourth-order valence-electron chi connectivity index (χ4n) is 9.43. The molecule has 0 N–H and O–H groups in total. The summed E-state index contributed by atoms with van der Waals surface area (Å²) < 4.78 is 81.6. The smallest absolute Gasteiger partial charge is 0.166 e. The van der Waals surface area contributed by atoms with Gasteiger partial charge >= 0.3 is 12.4 Å². The summed E-state index contributed by atoms with van der Waals surface area (Å²) in [6.07, 6.45) is -8.86. The number of aryl methyl sites for hydroxylation is 1. The first-order valence-corrected chi connectivity index (χ1v) is 19.7. The highest BCUT2D eigenvalue weighted by Gasteiger charge is 2.37. The minimum absolute atomic E-state index is 0.234. The van der Waals surface area contributed by atoms with Crippen LogP contribution in [0, 0.1) is 90.0 Å². The first-order chi connectivity index (χ1) is 27.0. The minimum atomic E-state index is -4.43. The molecule has 0 aliphatic heterocycles. The lowest BCUT2D eigenvalue weighted by molar-refractivity contribution is -0.138. The summed E-state index contributed by atoms with van der Waals surface area (Å²) in [5.41, 5.74) is 22.1. The molecule has 7 heteroatoms. The number of hydrogen-bond acceptors (Lipinski definition) is 0. The topological polar surface area (TPSA) is 0 Å². The summed E-state index contributed by atoms with van der Waals surface area (Å²) in [5.74, 6) is 0. The Kier molecular flexibility index (Phi) is 11.2. The molecule has 0 nitrogen and oxygen atoms in total. The maximum atomic E-state index is 13.6. The van der Waals surface area contributed by atoms with E-state index >= 15 is 0 Å². The van der Waals surface area contributed by atoms with Crippen LogP contribution in [0.3, 0.4) is 0 Å². The van der Waals surface area contributed by atoms with E-state index in [0.29, 0.717) is 0 Å². The van der Waals surface area contributed by atoms with Gasteiger partial charge in [0.1, 0.15) is 0 Å². The van der Waals surface area contributed by atoms with Crippen LogP contribution < -0.4 is 16.4 Å². The number of halogens is 6. The van der Waals surface area contributed by atoms with E-state index in [1.807, 2.05) is 0 Å². The molecule has 0 bridgehead atoms. The van der Waals surface area contributed by atoms with E-state index in [1.165, 1.54) is 38.8 Å². The Hall–Kier alpha value is -5.04. The zero-order valence-electron chi connectivity index (χ0n) is 35.8. The van der Waals surface area contributed by atoms with Gasteiger partial charge in [0.05, 0.1) is 11.1 Å². The lowest BCUT2D eigenvalue weighted by Gasteiger charge is -2.33. The van der Waals surface area contributed by atoms with Crippen molar-refractivity contribution in [3.8, 4) is 33.4 Å². The molecule has 0 aromatic heterocycles. The first-order valence-electron chi connectivity index (χ1n) is 19.7. The molecule has 0 aliphatic rings. The largest absolute Gasteiger partial charge is 0.416 e. The molecule has 6 aromatic rings. The summed E-state index contributed by atoms with van der Waals surface area (Å²) in [4.78, 5) is 0. The molecule has 0 aliphatic carbocycles. The number of rotatable bonds is 6. The molecular formula is C51H51BF6. The molecule has 0 amide bonds. The van der Waals surface area contributed by atoms with Crippen LogP contribution in [0.25, 0.3) is 33.4 Å². The van der Waals surface area contributed by atoms with Crippen LogP contribution in [-0.2, 0) is 12.4 Å². The van der Waals surface area contributed by atoms with E-state index in [9.17, 15) is 26.3 Å². The fourth-order valence-corrected chi connectivity index (χ4v) is 9.43. The molecule has 58 heavy (non-hydrogen) atoms. The second-order valence-corrected chi connectivity index (χ2v) is 16.3. The third-order valence-corrected chi connectivity index (χ3v) is 13.3. The zero-order chi connectivity index (χ0) is 42.9. The van der Waals surface area contributed by atoms with E-state index in [-0.39, 0.29) is 6.71 Å². The van der Waals surface area contributed by atoms with Crippen molar-refractivity contribution in [2.45, 2.75) is 102 Å². The normalized spacial score (nSPS) is 12.1. The molecular weight excluding hydrogens is 737 g/mol. The second-order valence-electron chi connectivity index (χ2n) is 16.3. The Morgan fingerprint density at radius 3 is 0.707 bits per heavy atom. The van der Waals surface area contributed by atoms with Crippen LogP contribution in [0.2, 0.25) is 0 Å². The summed E-state index contributed by atoms with van der Waals surface area (Å²) in [5, 5.41) is 0. The van der Waals surface area contributed by atoms with Crippen molar-refractivity contribution in [2.24, 2.45) is 0 Å². The van der Waals surface area contributed by atoms with Gasteiger partial charge in [-0.2, -0.15) is 26.3 Å². The predicted molar refractivity (Wildman–Crippen MR) is 232 cm³/mol. The average Bonchev–Trinajstić information content (AvgIpc) is 3.16. The van der Waals surface area contributed by atoms with Gasteiger partial charge in [-0.15, -0.1) is 0 Å². The van der Waals surface area contributed by atoms with Gasteiger partial charge in [-0.3, -0.25) is 0 Å². The Morgan fingerprint density at radius 2 is 0.500 bits per heavy atom. The van der Waals surface area contributed by atoms with E-state index in [2.05, 4.69) is 114 Å². The third-order valence-electron chi connectivity index (χ3n) is 13.3. The molecule has 6 rings (SSSR count). The highest BCUT2D eigenvalue weighted by molar-refractivity contribution is 6.97. The number of alkyl halides is 6. The summed E-state index contributed by atoms with van der Waals surface area (Å²) in [6.45, 7) is 27.5. The molecule has 0 saturated heterocycles. The maximum absolute atomic E-state index is 13.6. The molecule has 0 radical (unpaired) electrons. The first kappa shape index (κ1) is 42.6. The van der Waals surface area contributed by atoms with Crippen molar-refractivity contribution in [1.82, 2.24) is 0 Å². The van der Waals surface area contributed by atoms with Gasteiger partial charge in [0.2, 0.25) is 6.71 Å². The van der Waals surface area contributed by atoms with Crippen molar-refractivity contribution >= 4 is 23.1 Å². The Labute approximate surface area is 340 Å². The van der Waals surface area contributed by atoms with Gasteiger partial charge in [-0.25, -0.2) is 0 Å². The fraction of sp³-hybridized carbons (Fsp3) is 0.294. The van der Waals surface area contributed by atoms with Crippen LogP contribution in [0.5, 0.6) is 0 Å². The molecule has 0 fully saturated rings. The van der Waals surface area contributed by atoms with Crippen LogP contribution >= 0.6 is 0 Å². The van der Waals surface area contributed by atoms with Crippen molar-refractivity contribution in [3.63, 3.8) is 0 Å². The predicted octanol–water partition coefficient (Wildman–Crippen LogP) is 13.3. The van der Waals surface area contributed by atoms with Gasteiger partial charge in [-0.1, -0.05) is 104 Å². The van der Waals surface area contributed by atoms with Crippen LogP contribution in [0.1, 0.15) is 83.5 Å². The SMILES string of the molecule is Cc1ccc(-c2c(C)c(C)c(B(c3c(C)c(C)c(-c4ccc(C(F)(F)F)cc4)c(C)c3C)c3c(C)c(C)c(-c4ccc(C(F)(F)F)cc4)c(C)c3C)c(C)c2C)cc1. The monoisotopic (exact) mass is 788 g/mol. The van der Waals surface area contributed by atoms with Gasteiger partial charge in [0, 0.05) is 0 Å². The molecule has 300 valence electrons. The minimum Gasteiger partial charge on any atom is -0.166 e. The van der Waals surface area contributed by atoms with Gasteiger partial charge in [0.25, 0.3) is 0 Å². The van der Waals surface area contributed by atoms with Gasteiger partial charge in [-0.05, 0) is 181 Å². The standard InChI is InChI=1S/C51H51BF6/c1-26-14-16-39(17-15-26)44-27(2)33(8)47(34(9)28(44)3)52(48-35(10)29(4)45(30(5)36(48)11)40-18-22-42(23-19-40)50(53,54)55)49-37(12)31(6)46(32(7)38(49)13)41-20-24-43(25-21-41)51(56,57)58/h14-25H,1-13H3. The summed E-state index contributed by atoms with van der Waals surface area (Å²) in [6, 6.07) is 19.5. The highest BCUT2D eigenvalue weighted by atomic mass is 19.4. The Bertz CT molecular complexity index is 2360. The van der Waals surface area contributed by atoms with Gasteiger partial charge < -0.3 is 0 Å². The quantitative estimate of drug-likeness (QED) is 0.116. The third kappa shape index (κ3) is 7.20. The van der Waals surface area contributed by atoms with Crippen LogP contribution in [0.4, 0.5) is 26.3 Å². The summed E-state index contributed by atoms with van der Waals surface area (Å²) in [7, 11) is 0. The number of benzene rings is 6. The molecule has 0 saturated carbocycles. The highest BCUT2D eigenvalue weighted by Crippen LogP contribution is 2.38. The Balaban J connectivity index is 1.70. The second kappa shape index (κ2) is 15.3. The van der Waals surface area contributed by atoms with E-state index < -0.39 is 23.5 Å². The molecule has 0 heterocycles. The van der Waals surface area contributed by atoms with Crippen molar-refractivity contribution in [1.29, 1.82) is 0 Å². The van der Waals surface area contributed by atoms with Crippen molar-refractivity contribution in [2.75, 3.05) is 0 Å². The van der Waals surface area contributed by atoms with E-state index in [0.717, 1.165) is 108 Å². The molecule has 0 unspecified atom stereocenters. The molecule has 0 atom stereocenters. The Morgan fingerprint density at radius 1 is 0.293 bits per heavy atom. The zero-order valence-corrected chi connectivity index (χ0v) is 35.8. The average molecular weight is 789 g/mol. The van der Waals surface area contributed by atoms with E-state index in [1.54, 1.807) is 24.3 Å². The lowest BCUT2D eigenvalue weighted by Crippen LogP contribution is -2.58. The van der Waals surface area contributed by atoms with Gasteiger partial charge in [0.15, 0.2) is 0 Å². The van der Waals surface area contributed by atoms with Crippen LogP contribution in [0.15, 0.2) is 72.8 Å². The van der Waals surface area contributed by atoms with Crippen molar-refractivity contribution < 1.29 is 26.3 Å². The maximum Gasteiger partial charge on any atom is 0.416 e. The summed E-state index contributed by atoms with van der Waals surface area (Å²) >= 11 is 0. The van der Waals surface area contributed by atoms with Crippen LogP contribution in [-0.4, -0.2) is 6.71 Å². The lowest BCUT2D eigenvalue weighted by atomic mass is 9.32.